The van der Waals surface area contributed by atoms with E-state index in [1.165, 1.54) is 0 Å². The molecule has 168 valence electrons. The van der Waals surface area contributed by atoms with Crippen molar-refractivity contribution in [3.63, 3.8) is 0 Å². The maximum Gasteiger partial charge on any atom is 0.224 e. The zero-order chi connectivity index (χ0) is 22.1. The second kappa shape index (κ2) is 11.7. The molecular formula is C24H32N2O5. The lowest BCUT2D eigenvalue weighted by molar-refractivity contribution is -0.116. The summed E-state index contributed by atoms with van der Waals surface area (Å²) in [5, 5.41) is 13.4. The Morgan fingerprint density at radius 2 is 1.81 bits per heavy atom. The number of ether oxygens (including phenoxy) is 3. The van der Waals surface area contributed by atoms with Crippen LogP contribution in [0.1, 0.15) is 30.1 Å². The third-order valence-electron chi connectivity index (χ3n) is 5.49. The van der Waals surface area contributed by atoms with Crippen molar-refractivity contribution in [2.75, 3.05) is 52.4 Å². The van der Waals surface area contributed by atoms with Crippen LogP contribution in [0.3, 0.4) is 0 Å². The lowest BCUT2D eigenvalue weighted by atomic mass is 10.1. The summed E-state index contributed by atoms with van der Waals surface area (Å²) in [7, 11) is 3.19. The molecule has 0 aromatic heterocycles. The smallest absolute Gasteiger partial charge is 0.224 e. The number of morpholine rings is 1. The first kappa shape index (κ1) is 23.1. The summed E-state index contributed by atoms with van der Waals surface area (Å²) in [6.07, 6.45) is 1.12. The van der Waals surface area contributed by atoms with Crippen LogP contribution in [-0.2, 0) is 16.0 Å². The molecule has 1 fully saturated rings. The van der Waals surface area contributed by atoms with Gasteiger partial charge in [0, 0.05) is 31.7 Å². The predicted molar refractivity (Wildman–Crippen MR) is 120 cm³/mol. The standard InChI is InChI=1S/C24H32N2O5/c1-29-22-9-3-18(17-23(22)30-2)4-10-24(28)25-20-7-5-19(6-8-20)21(27)11-12-26-13-15-31-16-14-26/h3,5-9,17,21,27H,4,10-16H2,1-2H3,(H,25,28). The summed E-state index contributed by atoms with van der Waals surface area (Å²) in [6, 6.07) is 13.1. The molecule has 0 radical (unpaired) electrons. The fourth-order valence-electron chi connectivity index (χ4n) is 3.60. The zero-order valence-corrected chi connectivity index (χ0v) is 18.3. The molecule has 1 amide bonds. The minimum atomic E-state index is -0.516. The van der Waals surface area contributed by atoms with Gasteiger partial charge in [0.2, 0.25) is 5.91 Å². The normalized spacial score (nSPS) is 15.3. The van der Waals surface area contributed by atoms with Crippen molar-refractivity contribution in [3.05, 3.63) is 53.6 Å². The Morgan fingerprint density at radius 3 is 2.48 bits per heavy atom. The lowest BCUT2D eigenvalue weighted by Gasteiger charge is -2.27. The molecule has 1 heterocycles. The molecule has 2 aromatic rings. The van der Waals surface area contributed by atoms with Crippen LogP contribution in [0.15, 0.2) is 42.5 Å². The maximum atomic E-state index is 12.3. The number of aliphatic hydroxyl groups excluding tert-OH is 1. The minimum absolute atomic E-state index is 0.0598. The van der Waals surface area contributed by atoms with E-state index in [0.717, 1.165) is 49.7 Å². The van der Waals surface area contributed by atoms with Gasteiger partial charge >= 0.3 is 0 Å². The summed E-state index contributed by atoms with van der Waals surface area (Å²) < 4.78 is 15.9. The van der Waals surface area contributed by atoms with E-state index in [0.29, 0.717) is 30.8 Å². The number of aryl methyl sites for hydroxylation is 1. The number of rotatable bonds is 10. The van der Waals surface area contributed by atoms with Gasteiger partial charge in [-0.2, -0.15) is 0 Å². The third-order valence-corrected chi connectivity index (χ3v) is 5.49. The summed E-state index contributed by atoms with van der Waals surface area (Å²) in [4.78, 5) is 14.6. The van der Waals surface area contributed by atoms with E-state index in [-0.39, 0.29) is 5.91 Å². The molecule has 1 atom stereocenters. The van der Waals surface area contributed by atoms with Gasteiger partial charge in [0.25, 0.3) is 0 Å². The SMILES string of the molecule is COc1ccc(CCC(=O)Nc2ccc(C(O)CCN3CCOCC3)cc2)cc1OC. The highest BCUT2D eigenvalue weighted by molar-refractivity contribution is 5.90. The Hall–Kier alpha value is -2.61. The number of amides is 1. The fourth-order valence-corrected chi connectivity index (χ4v) is 3.60. The van der Waals surface area contributed by atoms with E-state index in [1.54, 1.807) is 14.2 Å². The first-order valence-corrected chi connectivity index (χ1v) is 10.7. The molecule has 1 saturated heterocycles. The van der Waals surface area contributed by atoms with E-state index in [1.807, 2.05) is 42.5 Å². The van der Waals surface area contributed by atoms with Crippen LogP contribution in [0.25, 0.3) is 0 Å². The first-order chi connectivity index (χ1) is 15.1. The summed E-state index contributed by atoms with van der Waals surface area (Å²) in [5.41, 5.74) is 2.59. The van der Waals surface area contributed by atoms with Crippen molar-refractivity contribution >= 4 is 11.6 Å². The number of carbonyl (C=O) groups is 1. The van der Waals surface area contributed by atoms with E-state index < -0.39 is 6.10 Å². The zero-order valence-electron chi connectivity index (χ0n) is 18.3. The number of hydrogen-bond donors (Lipinski definition) is 2. The predicted octanol–water partition coefficient (Wildman–Crippen LogP) is 3.03. The van der Waals surface area contributed by atoms with E-state index in [9.17, 15) is 9.90 Å². The van der Waals surface area contributed by atoms with Gasteiger partial charge in [0.1, 0.15) is 0 Å². The van der Waals surface area contributed by atoms with Crippen LogP contribution in [-0.4, -0.2) is 63.0 Å². The topological polar surface area (TPSA) is 80.3 Å². The maximum absolute atomic E-state index is 12.3. The van der Waals surface area contributed by atoms with Gasteiger partial charge < -0.3 is 24.6 Å². The van der Waals surface area contributed by atoms with Crippen LogP contribution in [0.2, 0.25) is 0 Å². The van der Waals surface area contributed by atoms with Crippen molar-refractivity contribution in [2.24, 2.45) is 0 Å². The van der Waals surface area contributed by atoms with Gasteiger partial charge in [0.05, 0.1) is 33.5 Å². The van der Waals surface area contributed by atoms with Crippen LogP contribution < -0.4 is 14.8 Å². The number of methoxy groups -OCH3 is 2. The molecule has 1 unspecified atom stereocenters. The Bertz CT molecular complexity index is 834. The quantitative estimate of drug-likeness (QED) is 0.606. The van der Waals surface area contributed by atoms with Gasteiger partial charge in [-0.3, -0.25) is 9.69 Å². The van der Waals surface area contributed by atoms with Crippen molar-refractivity contribution in [2.45, 2.75) is 25.4 Å². The van der Waals surface area contributed by atoms with Gasteiger partial charge in [-0.25, -0.2) is 0 Å². The highest BCUT2D eigenvalue weighted by atomic mass is 16.5. The Kier molecular flexibility index (Phi) is 8.70. The molecule has 1 aliphatic heterocycles. The molecule has 2 aromatic carbocycles. The number of benzene rings is 2. The van der Waals surface area contributed by atoms with Crippen LogP contribution >= 0.6 is 0 Å². The molecule has 1 aliphatic rings. The van der Waals surface area contributed by atoms with Crippen molar-refractivity contribution in [3.8, 4) is 11.5 Å². The monoisotopic (exact) mass is 428 g/mol. The molecule has 7 heteroatoms. The third kappa shape index (κ3) is 6.95. The molecule has 0 saturated carbocycles. The Labute approximate surface area is 183 Å². The minimum Gasteiger partial charge on any atom is -0.493 e. The number of carbonyl (C=O) groups excluding carboxylic acids is 1. The largest absolute Gasteiger partial charge is 0.493 e. The van der Waals surface area contributed by atoms with Crippen molar-refractivity contribution in [1.29, 1.82) is 0 Å². The summed E-state index contributed by atoms with van der Waals surface area (Å²) >= 11 is 0. The van der Waals surface area contributed by atoms with Crippen LogP contribution in [0, 0.1) is 0 Å². The van der Waals surface area contributed by atoms with E-state index >= 15 is 0 Å². The average molecular weight is 429 g/mol. The number of nitrogens with zero attached hydrogens (tertiary/aromatic N) is 1. The average Bonchev–Trinajstić information content (AvgIpc) is 2.82. The fraction of sp³-hybridized carbons (Fsp3) is 0.458. The van der Waals surface area contributed by atoms with Crippen LogP contribution in [0.4, 0.5) is 5.69 Å². The Morgan fingerprint density at radius 1 is 1.10 bits per heavy atom. The molecule has 0 spiro atoms. The second-order valence-electron chi connectivity index (χ2n) is 7.62. The molecular weight excluding hydrogens is 396 g/mol. The first-order valence-electron chi connectivity index (χ1n) is 10.7. The summed E-state index contributed by atoms with van der Waals surface area (Å²) in [5.74, 6) is 1.27. The van der Waals surface area contributed by atoms with Gasteiger partial charge in [-0.15, -0.1) is 0 Å². The van der Waals surface area contributed by atoms with Crippen molar-refractivity contribution in [1.82, 2.24) is 4.90 Å². The molecule has 0 bridgehead atoms. The number of nitrogens with one attached hydrogen (secondary N) is 1. The second-order valence-corrected chi connectivity index (χ2v) is 7.62. The van der Waals surface area contributed by atoms with Gasteiger partial charge in [0.15, 0.2) is 11.5 Å². The molecule has 7 nitrogen and oxygen atoms in total. The molecule has 3 rings (SSSR count). The van der Waals surface area contributed by atoms with Crippen molar-refractivity contribution < 1.29 is 24.1 Å². The molecule has 2 N–H and O–H groups in total. The molecule has 0 aliphatic carbocycles. The lowest BCUT2D eigenvalue weighted by Crippen LogP contribution is -2.37. The molecule has 31 heavy (non-hydrogen) atoms. The number of anilines is 1. The number of hydrogen-bond acceptors (Lipinski definition) is 6. The summed E-state index contributed by atoms with van der Waals surface area (Å²) in [6.45, 7) is 4.20. The highest BCUT2D eigenvalue weighted by Gasteiger charge is 2.14. The number of aliphatic hydroxyl groups is 1. The van der Waals surface area contributed by atoms with E-state index in [2.05, 4.69) is 10.2 Å². The Balaban J connectivity index is 1.45. The highest BCUT2D eigenvalue weighted by Crippen LogP contribution is 2.28. The van der Waals surface area contributed by atoms with E-state index in [4.69, 9.17) is 14.2 Å². The van der Waals surface area contributed by atoms with Crippen LogP contribution in [0.5, 0.6) is 11.5 Å². The van der Waals surface area contributed by atoms with Gasteiger partial charge in [-0.05, 0) is 48.2 Å². The van der Waals surface area contributed by atoms with Gasteiger partial charge in [-0.1, -0.05) is 18.2 Å².